The SMILES string of the molecule is CCN(CC1COCCC1N)C(C)C. The summed E-state index contributed by atoms with van der Waals surface area (Å²) in [4.78, 5) is 2.46. The summed E-state index contributed by atoms with van der Waals surface area (Å²) < 4.78 is 5.47. The molecule has 0 aromatic rings. The van der Waals surface area contributed by atoms with E-state index in [9.17, 15) is 0 Å². The molecular formula is C11H24N2O. The van der Waals surface area contributed by atoms with Crippen molar-refractivity contribution in [1.82, 2.24) is 4.90 Å². The van der Waals surface area contributed by atoms with Crippen molar-refractivity contribution in [3.05, 3.63) is 0 Å². The third kappa shape index (κ3) is 3.23. The van der Waals surface area contributed by atoms with Crippen LogP contribution >= 0.6 is 0 Å². The van der Waals surface area contributed by atoms with E-state index < -0.39 is 0 Å². The first-order chi connectivity index (χ1) is 6.65. The van der Waals surface area contributed by atoms with E-state index in [0.717, 1.165) is 32.7 Å². The summed E-state index contributed by atoms with van der Waals surface area (Å²) in [7, 11) is 0. The van der Waals surface area contributed by atoms with Gasteiger partial charge in [-0.15, -0.1) is 0 Å². The van der Waals surface area contributed by atoms with Crippen LogP contribution in [-0.2, 0) is 4.74 Å². The Morgan fingerprint density at radius 3 is 2.71 bits per heavy atom. The lowest BCUT2D eigenvalue weighted by Crippen LogP contribution is -2.46. The molecule has 0 aliphatic carbocycles. The second-order valence-corrected chi connectivity index (χ2v) is 4.47. The maximum absolute atomic E-state index is 6.08. The molecule has 2 atom stereocenters. The van der Waals surface area contributed by atoms with Gasteiger partial charge in [-0.3, -0.25) is 0 Å². The highest BCUT2D eigenvalue weighted by atomic mass is 16.5. The van der Waals surface area contributed by atoms with E-state index in [0.29, 0.717) is 18.0 Å². The van der Waals surface area contributed by atoms with Crippen molar-refractivity contribution in [1.29, 1.82) is 0 Å². The highest BCUT2D eigenvalue weighted by molar-refractivity contribution is 4.79. The van der Waals surface area contributed by atoms with Gasteiger partial charge in [-0.25, -0.2) is 0 Å². The molecule has 1 rings (SSSR count). The Bertz CT molecular complexity index is 161. The third-order valence-electron chi connectivity index (χ3n) is 3.14. The van der Waals surface area contributed by atoms with Gasteiger partial charge in [-0.1, -0.05) is 6.92 Å². The minimum absolute atomic E-state index is 0.330. The molecule has 2 unspecified atom stereocenters. The average Bonchev–Trinajstić information content (AvgIpc) is 2.16. The van der Waals surface area contributed by atoms with Crippen LogP contribution in [0.25, 0.3) is 0 Å². The molecule has 1 aliphatic rings. The minimum Gasteiger partial charge on any atom is -0.381 e. The Morgan fingerprint density at radius 2 is 2.21 bits per heavy atom. The summed E-state index contributed by atoms with van der Waals surface area (Å²) in [6.45, 7) is 10.5. The monoisotopic (exact) mass is 200 g/mol. The largest absolute Gasteiger partial charge is 0.381 e. The Kier molecular flexibility index (Phi) is 4.85. The van der Waals surface area contributed by atoms with E-state index in [-0.39, 0.29) is 0 Å². The number of nitrogens with zero attached hydrogens (tertiary/aromatic N) is 1. The smallest absolute Gasteiger partial charge is 0.0521 e. The maximum atomic E-state index is 6.08. The van der Waals surface area contributed by atoms with Crippen molar-refractivity contribution in [2.24, 2.45) is 11.7 Å². The van der Waals surface area contributed by atoms with Crippen LogP contribution in [0.5, 0.6) is 0 Å². The Balaban J connectivity index is 2.39. The number of rotatable bonds is 4. The van der Waals surface area contributed by atoms with Crippen molar-refractivity contribution in [2.75, 3.05) is 26.3 Å². The Hall–Kier alpha value is -0.120. The standard InChI is InChI=1S/C11H24N2O/c1-4-13(9(2)3)7-10-8-14-6-5-11(10)12/h9-11H,4-8,12H2,1-3H3. The van der Waals surface area contributed by atoms with Crippen molar-refractivity contribution in [3.63, 3.8) is 0 Å². The van der Waals surface area contributed by atoms with Gasteiger partial charge < -0.3 is 15.4 Å². The molecule has 0 aromatic carbocycles. The molecular weight excluding hydrogens is 176 g/mol. The zero-order valence-electron chi connectivity index (χ0n) is 9.70. The summed E-state index contributed by atoms with van der Waals surface area (Å²) >= 11 is 0. The van der Waals surface area contributed by atoms with Gasteiger partial charge in [0.1, 0.15) is 0 Å². The average molecular weight is 200 g/mol. The van der Waals surface area contributed by atoms with Crippen molar-refractivity contribution >= 4 is 0 Å². The first-order valence-corrected chi connectivity index (χ1v) is 5.72. The molecule has 1 heterocycles. The number of ether oxygens (including phenoxy) is 1. The van der Waals surface area contributed by atoms with Crippen molar-refractivity contribution in [3.8, 4) is 0 Å². The lowest BCUT2D eigenvalue weighted by Gasteiger charge is -2.34. The molecule has 1 aliphatic heterocycles. The molecule has 0 amide bonds. The number of hydrogen-bond acceptors (Lipinski definition) is 3. The quantitative estimate of drug-likeness (QED) is 0.738. The van der Waals surface area contributed by atoms with Gasteiger partial charge in [-0.2, -0.15) is 0 Å². The zero-order chi connectivity index (χ0) is 10.6. The fourth-order valence-electron chi connectivity index (χ4n) is 2.01. The van der Waals surface area contributed by atoms with E-state index in [1.54, 1.807) is 0 Å². The summed E-state index contributed by atoms with van der Waals surface area (Å²) in [5.74, 6) is 0.520. The highest BCUT2D eigenvalue weighted by Gasteiger charge is 2.24. The van der Waals surface area contributed by atoms with Crippen LogP contribution in [0.15, 0.2) is 0 Å². The van der Waals surface area contributed by atoms with Crippen LogP contribution in [0.4, 0.5) is 0 Å². The van der Waals surface area contributed by atoms with Crippen molar-refractivity contribution < 1.29 is 4.74 Å². The highest BCUT2D eigenvalue weighted by Crippen LogP contribution is 2.15. The van der Waals surface area contributed by atoms with Gasteiger partial charge in [0, 0.05) is 31.2 Å². The van der Waals surface area contributed by atoms with E-state index in [1.165, 1.54) is 0 Å². The number of hydrogen-bond donors (Lipinski definition) is 1. The molecule has 0 bridgehead atoms. The van der Waals surface area contributed by atoms with Gasteiger partial charge in [0.15, 0.2) is 0 Å². The third-order valence-corrected chi connectivity index (χ3v) is 3.14. The van der Waals surface area contributed by atoms with E-state index in [1.807, 2.05) is 0 Å². The van der Waals surface area contributed by atoms with Crippen LogP contribution in [0.3, 0.4) is 0 Å². The van der Waals surface area contributed by atoms with E-state index >= 15 is 0 Å². The lowest BCUT2D eigenvalue weighted by atomic mass is 9.95. The molecule has 2 N–H and O–H groups in total. The van der Waals surface area contributed by atoms with Gasteiger partial charge in [0.05, 0.1) is 6.61 Å². The molecule has 0 radical (unpaired) electrons. The zero-order valence-corrected chi connectivity index (χ0v) is 9.70. The molecule has 1 fully saturated rings. The topological polar surface area (TPSA) is 38.5 Å². The molecule has 3 heteroatoms. The van der Waals surface area contributed by atoms with Gasteiger partial charge in [0.25, 0.3) is 0 Å². The molecule has 0 spiro atoms. The first-order valence-electron chi connectivity index (χ1n) is 5.72. The second kappa shape index (κ2) is 5.69. The van der Waals surface area contributed by atoms with Gasteiger partial charge in [-0.05, 0) is 26.8 Å². The molecule has 84 valence electrons. The maximum Gasteiger partial charge on any atom is 0.0521 e. The predicted molar refractivity (Wildman–Crippen MR) is 59.3 cm³/mol. The Labute approximate surface area is 87.6 Å². The van der Waals surface area contributed by atoms with Crippen LogP contribution in [-0.4, -0.2) is 43.3 Å². The minimum atomic E-state index is 0.330. The predicted octanol–water partition coefficient (Wildman–Crippen LogP) is 1.08. The van der Waals surface area contributed by atoms with Crippen LogP contribution in [0, 0.1) is 5.92 Å². The fraction of sp³-hybridized carbons (Fsp3) is 1.00. The molecule has 1 saturated heterocycles. The van der Waals surface area contributed by atoms with Crippen molar-refractivity contribution in [2.45, 2.75) is 39.3 Å². The molecule has 0 aromatic heterocycles. The second-order valence-electron chi connectivity index (χ2n) is 4.47. The summed E-state index contributed by atoms with van der Waals surface area (Å²) in [6, 6.07) is 0.936. The lowest BCUT2D eigenvalue weighted by molar-refractivity contribution is 0.0224. The normalized spacial score (nSPS) is 28.7. The molecule has 3 nitrogen and oxygen atoms in total. The van der Waals surface area contributed by atoms with Gasteiger partial charge in [0.2, 0.25) is 0 Å². The number of nitrogens with two attached hydrogens (primary N) is 1. The van der Waals surface area contributed by atoms with E-state index in [4.69, 9.17) is 10.5 Å². The summed E-state index contributed by atoms with van der Waals surface area (Å²) in [5, 5.41) is 0. The van der Waals surface area contributed by atoms with Crippen LogP contribution < -0.4 is 5.73 Å². The van der Waals surface area contributed by atoms with Crippen LogP contribution in [0.1, 0.15) is 27.2 Å². The molecule has 14 heavy (non-hydrogen) atoms. The van der Waals surface area contributed by atoms with Gasteiger partial charge >= 0.3 is 0 Å². The first kappa shape index (κ1) is 12.0. The summed E-state index contributed by atoms with van der Waals surface area (Å²) in [5.41, 5.74) is 6.08. The van der Waals surface area contributed by atoms with E-state index in [2.05, 4.69) is 25.7 Å². The van der Waals surface area contributed by atoms with Crippen LogP contribution in [0.2, 0.25) is 0 Å². The summed E-state index contributed by atoms with van der Waals surface area (Å²) in [6.07, 6.45) is 1.01. The fourth-order valence-corrected chi connectivity index (χ4v) is 2.01. The Morgan fingerprint density at radius 1 is 1.50 bits per heavy atom. The molecule has 0 saturated carbocycles.